The van der Waals surface area contributed by atoms with E-state index < -0.39 is 23.7 Å². The third-order valence-electron chi connectivity index (χ3n) is 4.68. The van der Waals surface area contributed by atoms with Crippen LogP contribution >= 0.6 is 0 Å². The predicted molar refractivity (Wildman–Crippen MR) is 66.4 cm³/mol. The van der Waals surface area contributed by atoms with Crippen LogP contribution in [0.5, 0.6) is 0 Å². The van der Waals surface area contributed by atoms with Gasteiger partial charge in [-0.25, -0.2) is 0 Å². The van der Waals surface area contributed by atoms with E-state index in [0.717, 1.165) is 6.42 Å². The fourth-order valence-electron chi connectivity index (χ4n) is 3.96. The van der Waals surface area contributed by atoms with Crippen LogP contribution in [-0.4, -0.2) is 54.5 Å². The van der Waals surface area contributed by atoms with Crippen molar-refractivity contribution in [3.63, 3.8) is 0 Å². The summed E-state index contributed by atoms with van der Waals surface area (Å²) in [6, 6.07) is 0. The van der Waals surface area contributed by atoms with Gasteiger partial charge in [-0.15, -0.1) is 0 Å². The van der Waals surface area contributed by atoms with E-state index in [1.807, 2.05) is 12.2 Å². The lowest BCUT2D eigenvalue weighted by Gasteiger charge is -2.36. The first kappa shape index (κ1) is 12.3. The van der Waals surface area contributed by atoms with Gasteiger partial charge in [0.25, 0.3) is 0 Å². The van der Waals surface area contributed by atoms with Crippen molar-refractivity contribution in [3.8, 4) is 0 Å². The molecule has 0 N–H and O–H groups in total. The van der Waals surface area contributed by atoms with Crippen LogP contribution in [0.25, 0.3) is 0 Å². The zero-order valence-electron chi connectivity index (χ0n) is 11.3. The van der Waals surface area contributed by atoms with E-state index >= 15 is 0 Å². The van der Waals surface area contributed by atoms with Crippen molar-refractivity contribution >= 4 is 11.9 Å². The lowest BCUT2D eigenvalue weighted by molar-refractivity contribution is -0.168. The summed E-state index contributed by atoms with van der Waals surface area (Å²) in [4.78, 5) is 26.5. The van der Waals surface area contributed by atoms with Gasteiger partial charge >= 0.3 is 5.97 Å². The number of hydrogen-bond donors (Lipinski definition) is 0. The highest BCUT2D eigenvalue weighted by Gasteiger charge is 2.72. The van der Waals surface area contributed by atoms with E-state index in [1.54, 1.807) is 11.8 Å². The molecule has 0 aromatic carbocycles. The minimum Gasteiger partial charge on any atom is -0.466 e. The molecule has 0 aromatic heterocycles. The average Bonchev–Trinajstić information content (AvgIpc) is 3.09. The van der Waals surface area contributed by atoms with E-state index in [-0.39, 0.29) is 18.0 Å². The number of amides is 1. The Balaban J connectivity index is 1.73. The summed E-state index contributed by atoms with van der Waals surface area (Å²) in [5, 5.41) is 0. The number of fused-ring (bicyclic) bond motifs is 2. The quantitative estimate of drug-likeness (QED) is 0.529. The summed E-state index contributed by atoms with van der Waals surface area (Å²) >= 11 is 0. The standard InChI is InChI=1S/C14H17NO5/c1-2-18-12(17)9-8-4-5-14(20-8)10(9)11(16)15-6-3-7-19-13(14)15/h4-5,8-10,13H,2-3,6-7H2,1H3/t8-,9-,10+,13-,14-/m1/s1. The van der Waals surface area contributed by atoms with Gasteiger partial charge in [-0.3, -0.25) is 9.59 Å². The molecule has 4 aliphatic heterocycles. The van der Waals surface area contributed by atoms with Gasteiger partial charge in [0.05, 0.1) is 25.2 Å². The summed E-state index contributed by atoms with van der Waals surface area (Å²) in [7, 11) is 0. The molecular weight excluding hydrogens is 262 g/mol. The second kappa shape index (κ2) is 4.05. The maximum Gasteiger partial charge on any atom is 0.312 e. The van der Waals surface area contributed by atoms with E-state index in [2.05, 4.69) is 0 Å². The molecule has 4 rings (SSSR count). The molecule has 5 atom stereocenters. The maximum atomic E-state index is 12.6. The van der Waals surface area contributed by atoms with Crippen LogP contribution in [0.3, 0.4) is 0 Å². The fourth-order valence-corrected chi connectivity index (χ4v) is 3.96. The van der Waals surface area contributed by atoms with Gasteiger partial charge in [0.15, 0.2) is 6.23 Å². The van der Waals surface area contributed by atoms with Crippen molar-refractivity contribution in [2.75, 3.05) is 19.8 Å². The van der Waals surface area contributed by atoms with Crippen LogP contribution in [0.4, 0.5) is 0 Å². The number of esters is 1. The molecule has 3 saturated heterocycles. The Morgan fingerprint density at radius 3 is 3.25 bits per heavy atom. The Kier molecular flexibility index (Phi) is 2.50. The summed E-state index contributed by atoms with van der Waals surface area (Å²) in [5.74, 6) is -1.43. The van der Waals surface area contributed by atoms with Gasteiger partial charge in [0.2, 0.25) is 5.91 Å². The van der Waals surface area contributed by atoms with Crippen LogP contribution in [-0.2, 0) is 23.8 Å². The lowest BCUT2D eigenvalue weighted by Crippen LogP contribution is -2.49. The topological polar surface area (TPSA) is 65.1 Å². The number of carbonyl (C=O) groups excluding carboxylic acids is 2. The van der Waals surface area contributed by atoms with Gasteiger partial charge < -0.3 is 19.1 Å². The molecule has 3 fully saturated rings. The van der Waals surface area contributed by atoms with Crippen LogP contribution in [0, 0.1) is 11.8 Å². The van der Waals surface area contributed by atoms with E-state index in [9.17, 15) is 9.59 Å². The van der Waals surface area contributed by atoms with Gasteiger partial charge in [-0.05, 0) is 19.4 Å². The third-order valence-corrected chi connectivity index (χ3v) is 4.68. The molecule has 0 saturated carbocycles. The molecule has 2 bridgehead atoms. The normalized spacial score (nSPS) is 44.6. The van der Waals surface area contributed by atoms with Crippen molar-refractivity contribution < 1.29 is 23.8 Å². The van der Waals surface area contributed by atoms with E-state index in [4.69, 9.17) is 14.2 Å². The summed E-state index contributed by atoms with van der Waals surface area (Å²) in [6.45, 7) is 3.36. The number of hydrogen-bond acceptors (Lipinski definition) is 5. The smallest absolute Gasteiger partial charge is 0.312 e. The number of rotatable bonds is 2. The van der Waals surface area contributed by atoms with Gasteiger partial charge in [-0.2, -0.15) is 0 Å². The zero-order valence-corrected chi connectivity index (χ0v) is 11.3. The van der Waals surface area contributed by atoms with E-state index in [0.29, 0.717) is 19.8 Å². The van der Waals surface area contributed by atoms with E-state index in [1.165, 1.54) is 0 Å². The molecule has 4 heterocycles. The molecule has 1 amide bonds. The highest BCUT2D eigenvalue weighted by molar-refractivity contribution is 5.91. The van der Waals surface area contributed by atoms with Crippen LogP contribution < -0.4 is 0 Å². The largest absolute Gasteiger partial charge is 0.466 e. The number of ether oxygens (including phenoxy) is 3. The molecule has 20 heavy (non-hydrogen) atoms. The summed E-state index contributed by atoms with van der Waals surface area (Å²) in [6.07, 6.45) is 3.84. The molecule has 0 aromatic rings. The van der Waals surface area contributed by atoms with Gasteiger partial charge in [0, 0.05) is 6.54 Å². The Morgan fingerprint density at radius 2 is 2.45 bits per heavy atom. The Labute approximate surface area is 116 Å². The number of nitrogens with zero attached hydrogens (tertiary/aromatic N) is 1. The van der Waals surface area contributed by atoms with Gasteiger partial charge in [-0.1, -0.05) is 6.08 Å². The first-order valence-corrected chi connectivity index (χ1v) is 7.15. The fraction of sp³-hybridized carbons (Fsp3) is 0.714. The Hall–Kier alpha value is -1.40. The molecule has 1 spiro atoms. The minimum atomic E-state index is -0.792. The van der Waals surface area contributed by atoms with Crippen molar-refractivity contribution in [1.29, 1.82) is 0 Å². The summed E-state index contributed by atoms with van der Waals surface area (Å²) in [5.41, 5.74) is -0.792. The van der Waals surface area contributed by atoms with Crippen LogP contribution in [0.1, 0.15) is 13.3 Å². The monoisotopic (exact) mass is 279 g/mol. The average molecular weight is 279 g/mol. The van der Waals surface area contributed by atoms with Crippen molar-refractivity contribution in [2.24, 2.45) is 11.8 Å². The molecule has 0 radical (unpaired) electrons. The SMILES string of the molecule is CCOC(=O)[C@H]1[C@H]2C(=O)N3CCCO[C@@H]3[C@@]23C=C[C@H]1O3. The van der Waals surface area contributed by atoms with Crippen molar-refractivity contribution in [3.05, 3.63) is 12.2 Å². The molecule has 0 aliphatic carbocycles. The lowest BCUT2D eigenvalue weighted by atomic mass is 9.76. The highest BCUT2D eigenvalue weighted by Crippen LogP contribution is 2.55. The molecule has 4 aliphatic rings. The Morgan fingerprint density at radius 1 is 1.60 bits per heavy atom. The number of carbonyl (C=O) groups is 2. The second-order valence-corrected chi connectivity index (χ2v) is 5.66. The van der Waals surface area contributed by atoms with Crippen molar-refractivity contribution in [2.45, 2.75) is 31.3 Å². The molecule has 6 nitrogen and oxygen atoms in total. The zero-order chi connectivity index (χ0) is 13.9. The summed E-state index contributed by atoms with van der Waals surface area (Å²) < 4.78 is 16.9. The molecule has 0 unspecified atom stereocenters. The minimum absolute atomic E-state index is 0.0420. The maximum absolute atomic E-state index is 12.6. The highest BCUT2D eigenvalue weighted by atomic mass is 16.6. The van der Waals surface area contributed by atoms with Gasteiger partial charge in [0.1, 0.15) is 11.5 Å². The predicted octanol–water partition coefficient (Wildman–Crippen LogP) is 0.0779. The van der Waals surface area contributed by atoms with Crippen LogP contribution in [0.2, 0.25) is 0 Å². The third kappa shape index (κ3) is 1.31. The first-order chi connectivity index (χ1) is 9.69. The van der Waals surface area contributed by atoms with Crippen molar-refractivity contribution in [1.82, 2.24) is 4.90 Å². The first-order valence-electron chi connectivity index (χ1n) is 7.15. The molecule has 6 heteroatoms. The van der Waals surface area contributed by atoms with Crippen LogP contribution in [0.15, 0.2) is 12.2 Å². The molecular formula is C14H17NO5. The Bertz CT molecular complexity index is 504. The molecule has 108 valence electrons. The second-order valence-electron chi connectivity index (χ2n) is 5.66.